The fourth-order valence-corrected chi connectivity index (χ4v) is 2.34. The van der Waals surface area contributed by atoms with Crippen LogP contribution in [0.2, 0.25) is 0 Å². The van der Waals surface area contributed by atoms with Gasteiger partial charge in [0.25, 0.3) is 0 Å². The molecule has 2 unspecified atom stereocenters. The van der Waals surface area contributed by atoms with Gasteiger partial charge in [-0.25, -0.2) is 4.98 Å². The minimum Gasteiger partial charge on any atom is -0.384 e. The summed E-state index contributed by atoms with van der Waals surface area (Å²) in [6.45, 7) is 3.35. The molecule has 3 heteroatoms. The van der Waals surface area contributed by atoms with Crippen LogP contribution in [0.15, 0.2) is 18.3 Å². The molecule has 1 aliphatic rings. The summed E-state index contributed by atoms with van der Waals surface area (Å²) in [7, 11) is 0. The average molecular weight is 215 g/mol. The number of nitriles is 1. The maximum absolute atomic E-state index is 8.63. The summed E-state index contributed by atoms with van der Waals surface area (Å²) >= 11 is 0. The van der Waals surface area contributed by atoms with Crippen molar-refractivity contribution < 1.29 is 0 Å². The average Bonchev–Trinajstić information content (AvgIpc) is 2.73. The highest BCUT2D eigenvalue weighted by atomic mass is 14.9. The van der Waals surface area contributed by atoms with Gasteiger partial charge in [-0.2, -0.15) is 5.26 Å². The molecule has 1 aliphatic carbocycles. The first-order valence-corrected chi connectivity index (χ1v) is 5.89. The van der Waals surface area contributed by atoms with Crippen LogP contribution in [0, 0.1) is 23.2 Å². The largest absolute Gasteiger partial charge is 0.384 e. The number of pyridine rings is 1. The standard InChI is InChI=1S/C13H17N3/c1-10-3-2-4-11(10)8-15-13-6-5-12(7-14)16-9-13/h5-6,9-11,15H,2-4,8H2,1H3. The van der Waals surface area contributed by atoms with Crippen LogP contribution < -0.4 is 5.32 Å². The second-order valence-corrected chi connectivity index (χ2v) is 4.59. The van der Waals surface area contributed by atoms with E-state index in [0.29, 0.717) is 5.69 Å². The van der Waals surface area contributed by atoms with E-state index in [-0.39, 0.29) is 0 Å². The first-order valence-electron chi connectivity index (χ1n) is 5.89. The fourth-order valence-electron chi connectivity index (χ4n) is 2.34. The van der Waals surface area contributed by atoms with Crippen LogP contribution in [0.3, 0.4) is 0 Å². The highest BCUT2D eigenvalue weighted by Gasteiger charge is 2.22. The molecule has 0 saturated heterocycles. The lowest BCUT2D eigenvalue weighted by atomic mass is 9.98. The number of hydrogen-bond donors (Lipinski definition) is 1. The summed E-state index contributed by atoms with van der Waals surface area (Å²) in [4.78, 5) is 4.04. The molecule has 0 aromatic carbocycles. The summed E-state index contributed by atoms with van der Waals surface area (Å²) < 4.78 is 0. The van der Waals surface area contributed by atoms with Crippen molar-refractivity contribution in [2.75, 3.05) is 11.9 Å². The molecule has 84 valence electrons. The third kappa shape index (κ3) is 2.52. The monoisotopic (exact) mass is 215 g/mol. The number of hydrogen-bond acceptors (Lipinski definition) is 3. The Morgan fingerprint density at radius 3 is 2.94 bits per heavy atom. The van der Waals surface area contributed by atoms with Crippen molar-refractivity contribution in [1.82, 2.24) is 4.98 Å². The van der Waals surface area contributed by atoms with E-state index in [0.717, 1.165) is 24.1 Å². The van der Waals surface area contributed by atoms with Gasteiger partial charge in [0.15, 0.2) is 0 Å². The van der Waals surface area contributed by atoms with Crippen molar-refractivity contribution in [3.05, 3.63) is 24.0 Å². The summed E-state index contributed by atoms with van der Waals surface area (Å²) in [6.07, 6.45) is 5.78. The van der Waals surface area contributed by atoms with Gasteiger partial charge in [-0.05, 0) is 30.4 Å². The van der Waals surface area contributed by atoms with Crippen LogP contribution in [-0.2, 0) is 0 Å². The summed E-state index contributed by atoms with van der Waals surface area (Å²) in [5.74, 6) is 1.62. The van der Waals surface area contributed by atoms with Crippen molar-refractivity contribution in [3.8, 4) is 6.07 Å². The second-order valence-electron chi connectivity index (χ2n) is 4.59. The van der Waals surface area contributed by atoms with Crippen LogP contribution in [0.1, 0.15) is 31.9 Å². The van der Waals surface area contributed by atoms with Crippen molar-refractivity contribution in [2.24, 2.45) is 11.8 Å². The summed E-state index contributed by atoms with van der Waals surface area (Å²) in [6, 6.07) is 5.69. The topological polar surface area (TPSA) is 48.7 Å². The molecule has 1 saturated carbocycles. The van der Waals surface area contributed by atoms with Gasteiger partial charge in [0.05, 0.1) is 11.9 Å². The number of nitrogens with one attached hydrogen (secondary N) is 1. The Balaban J connectivity index is 1.87. The van der Waals surface area contributed by atoms with E-state index in [1.54, 1.807) is 12.3 Å². The molecule has 0 aliphatic heterocycles. The quantitative estimate of drug-likeness (QED) is 0.843. The molecule has 0 bridgehead atoms. The van der Waals surface area contributed by atoms with E-state index >= 15 is 0 Å². The maximum atomic E-state index is 8.63. The smallest absolute Gasteiger partial charge is 0.140 e. The first-order chi connectivity index (χ1) is 7.79. The Hall–Kier alpha value is -1.56. The second kappa shape index (κ2) is 4.98. The highest BCUT2D eigenvalue weighted by Crippen LogP contribution is 2.31. The third-order valence-corrected chi connectivity index (χ3v) is 3.49. The molecule has 3 nitrogen and oxygen atoms in total. The van der Waals surface area contributed by atoms with Gasteiger partial charge in [0.2, 0.25) is 0 Å². The molecule has 1 aromatic rings. The van der Waals surface area contributed by atoms with Crippen molar-refractivity contribution in [2.45, 2.75) is 26.2 Å². The summed E-state index contributed by atoms with van der Waals surface area (Å²) in [5, 5.41) is 12.0. The predicted octanol–water partition coefficient (Wildman–Crippen LogP) is 2.80. The van der Waals surface area contributed by atoms with Gasteiger partial charge < -0.3 is 5.32 Å². The van der Waals surface area contributed by atoms with E-state index in [1.165, 1.54) is 19.3 Å². The molecule has 2 rings (SSSR count). The fraction of sp³-hybridized carbons (Fsp3) is 0.538. The lowest BCUT2D eigenvalue weighted by molar-refractivity contribution is 0.439. The Morgan fingerprint density at radius 1 is 1.50 bits per heavy atom. The lowest BCUT2D eigenvalue weighted by Gasteiger charge is -2.16. The van der Waals surface area contributed by atoms with Gasteiger partial charge in [-0.15, -0.1) is 0 Å². The lowest BCUT2D eigenvalue weighted by Crippen LogP contribution is -2.16. The normalized spacial score (nSPS) is 24.0. The van der Waals surface area contributed by atoms with Crippen LogP contribution >= 0.6 is 0 Å². The van der Waals surface area contributed by atoms with Gasteiger partial charge in [-0.3, -0.25) is 0 Å². The predicted molar refractivity (Wildman–Crippen MR) is 63.9 cm³/mol. The number of rotatable bonds is 3. The zero-order chi connectivity index (χ0) is 11.4. The SMILES string of the molecule is CC1CCCC1CNc1ccc(C#N)nc1. The molecular formula is C13H17N3. The Labute approximate surface area is 96.5 Å². The Bertz CT molecular complexity index is 377. The molecule has 1 N–H and O–H groups in total. The van der Waals surface area contributed by atoms with Crippen LogP contribution in [0.5, 0.6) is 0 Å². The Kier molecular flexibility index (Phi) is 3.40. The van der Waals surface area contributed by atoms with Gasteiger partial charge >= 0.3 is 0 Å². The van der Waals surface area contributed by atoms with E-state index in [9.17, 15) is 0 Å². The van der Waals surface area contributed by atoms with Crippen molar-refractivity contribution in [1.29, 1.82) is 5.26 Å². The zero-order valence-electron chi connectivity index (χ0n) is 9.61. The zero-order valence-corrected chi connectivity index (χ0v) is 9.61. The molecule has 16 heavy (non-hydrogen) atoms. The van der Waals surface area contributed by atoms with Crippen LogP contribution in [0.4, 0.5) is 5.69 Å². The first kappa shape index (κ1) is 10.9. The van der Waals surface area contributed by atoms with E-state index < -0.39 is 0 Å². The molecule has 1 aromatic heterocycles. The van der Waals surface area contributed by atoms with Gasteiger partial charge in [-0.1, -0.05) is 19.8 Å². The van der Waals surface area contributed by atoms with Crippen LogP contribution in [-0.4, -0.2) is 11.5 Å². The number of nitrogens with zero attached hydrogens (tertiary/aromatic N) is 2. The van der Waals surface area contributed by atoms with Crippen molar-refractivity contribution in [3.63, 3.8) is 0 Å². The molecule has 0 spiro atoms. The van der Waals surface area contributed by atoms with Gasteiger partial charge in [0, 0.05) is 6.54 Å². The van der Waals surface area contributed by atoms with E-state index in [1.807, 2.05) is 12.1 Å². The van der Waals surface area contributed by atoms with E-state index in [4.69, 9.17) is 5.26 Å². The number of aromatic nitrogens is 1. The molecule has 2 atom stereocenters. The molecule has 1 fully saturated rings. The number of anilines is 1. The molecule has 0 amide bonds. The van der Waals surface area contributed by atoms with Gasteiger partial charge in [0.1, 0.15) is 11.8 Å². The third-order valence-electron chi connectivity index (χ3n) is 3.49. The van der Waals surface area contributed by atoms with Crippen LogP contribution in [0.25, 0.3) is 0 Å². The molecule has 0 radical (unpaired) electrons. The highest BCUT2D eigenvalue weighted by molar-refractivity contribution is 5.42. The maximum Gasteiger partial charge on any atom is 0.140 e. The molecular weight excluding hydrogens is 198 g/mol. The minimum atomic E-state index is 0.472. The minimum absolute atomic E-state index is 0.472. The Morgan fingerprint density at radius 2 is 2.38 bits per heavy atom. The van der Waals surface area contributed by atoms with Crippen molar-refractivity contribution >= 4 is 5.69 Å². The molecule has 1 heterocycles. The summed E-state index contributed by atoms with van der Waals surface area (Å²) in [5.41, 5.74) is 1.48. The van der Waals surface area contributed by atoms with E-state index in [2.05, 4.69) is 17.2 Å².